The summed E-state index contributed by atoms with van der Waals surface area (Å²) in [5.41, 5.74) is 2.94. The molecular formula is C15H20N4OS. The van der Waals surface area contributed by atoms with Gasteiger partial charge < -0.3 is 10.3 Å². The van der Waals surface area contributed by atoms with Crippen LogP contribution in [0.4, 0.5) is 5.13 Å². The predicted molar refractivity (Wildman–Crippen MR) is 86.0 cm³/mol. The maximum Gasteiger partial charge on any atom is 0.258 e. The number of fused-ring (bicyclic) bond motifs is 1. The van der Waals surface area contributed by atoms with E-state index in [4.69, 9.17) is 0 Å². The summed E-state index contributed by atoms with van der Waals surface area (Å²) in [6.07, 6.45) is 5.38. The molecule has 1 aliphatic carbocycles. The largest absolute Gasteiger partial charge is 0.358 e. The average Bonchev–Trinajstić information content (AvgIpc) is 2.94. The number of aryl methyl sites for hydroxylation is 2. The van der Waals surface area contributed by atoms with Crippen molar-refractivity contribution in [2.24, 2.45) is 0 Å². The van der Waals surface area contributed by atoms with E-state index in [1.54, 1.807) is 0 Å². The van der Waals surface area contributed by atoms with Crippen LogP contribution in [0.15, 0.2) is 10.9 Å². The van der Waals surface area contributed by atoms with Gasteiger partial charge in [0.25, 0.3) is 5.56 Å². The topological polar surface area (TPSA) is 70.7 Å². The van der Waals surface area contributed by atoms with Crippen molar-refractivity contribution >= 4 is 16.5 Å². The lowest BCUT2D eigenvalue weighted by molar-refractivity contribution is 0.665. The molecule has 1 unspecified atom stereocenters. The summed E-state index contributed by atoms with van der Waals surface area (Å²) < 4.78 is 0. The molecule has 0 radical (unpaired) electrons. The normalized spacial score (nSPS) is 15.5. The summed E-state index contributed by atoms with van der Waals surface area (Å²) in [4.78, 5) is 15.3. The van der Waals surface area contributed by atoms with Gasteiger partial charge in [-0.2, -0.15) is 0 Å². The van der Waals surface area contributed by atoms with E-state index >= 15 is 0 Å². The van der Waals surface area contributed by atoms with Crippen LogP contribution in [0.3, 0.4) is 0 Å². The van der Waals surface area contributed by atoms with Gasteiger partial charge in [0.1, 0.15) is 0 Å². The summed E-state index contributed by atoms with van der Waals surface area (Å²) in [7, 11) is 0. The summed E-state index contributed by atoms with van der Waals surface area (Å²) >= 11 is 1.44. The molecule has 0 spiro atoms. The van der Waals surface area contributed by atoms with Gasteiger partial charge in [-0.15, -0.1) is 10.2 Å². The maximum absolute atomic E-state index is 12.2. The highest BCUT2D eigenvalue weighted by molar-refractivity contribution is 7.18. The molecule has 6 heteroatoms. The van der Waals surface area contributed by atoms with Gasteiger partial charge in [0.2, 0.25) is 5.13 Å². The number of pyridine rings is 1. The Hall–Kier alpha value is -1.69. The van der Waals surface area contributed by atoms with Crippen molar-refractivity contribution in [2.75, 3.05) is 5.32 Å². The number of anilines is 1. The summed E-state index contributed by atoms with van der Waals surface area (Å²) in [6.45, 7) is 4.22. The predicted octanol–water partition coefficient (Wildman–Crippen LogP) is 2.98. The number of H-pyrrole nitrogens is 1. The van der Waals surface area contributed by atoms with Gasteiger partial charge in [0.05, 0.1) is 5.56 Å². The Morgan fingerprint density at radius 2 is 2.19 bits per heavy atom. The van der Waals surface area contributed by atoms with Gasteiger partial charge in [-0.1, -0.05) is 18.3 Å². The zero-order valence-electron chi connectivity index (χ0n) is 12.4. The molecule has 0 bridgehead atoms. The molecule has 21 heavy (non-hydrogen) atoms. The van der Waals surface area contributed by atoms with Crippen LogP contribution < -0.4 is 10.9 Å². The number of aromatic nitrogens is 3. The second kappa shape index (κ2) is 5.97. The molecule has 0 amide bonds. The van der Waals surface area contributed by atoms with Gasteiger partial charge in [0, 0.05) is 11.7 Å². The molecule has 2 aromatic rings. The number of rotatable bonds is 4. The number of aromatic amines is 1. The Balaban J connectivity index is 1.92. The molecule has 1 atom stereocenters. The van der Waals surface area contributed by atoms with E-state index in [-0.39, 0.29) is 5.56 Å². The fourth-order valence-electron chi connectivity index (χ4n) is 2.54. The number of hydrogen-bond acceptors (Lipinski definition) is 5. The molecule has 5 nitrogen and oxygen atoms in total. The third-order valence-electron chi connectivity index (χ3n) is 3.98. The van der Waals surface area contributed by atoms with E-state index in [9.17, 15) is 4.79 Å². The molecular weight excluding hydrogens is 284 g/mol. The SMILES string of the molecule is CCC(C)Nc1nnc(-c2cc3c([nH]c2=O)CCCC3)s1. The lowest BCUT2D eigenvalue weighted by atomic mass is 9.95. The fourth-order valence-corrected chi connectivity index (χ4v) is 3.41. The zero-order valence-corrected chi connectivity index (χ0v) is 13.2. The van der Waals surface area contributed by atoms with Crippen LogP contribution in [-0.2, 0) is 12.8 Å². The van der Waals surface area contributed by atoms with Crippen molar-refractivity contribution in [2.45, 2.75) is 52.0 Å². The standard InChI is InChI=1S/C15H20N4OS/c1-3-9(2)16-15-19-18-14(21-15)11-8-10-6-4-5-7-12(10)17-13(11)20/h8-9H,3-7H2,1-2H3,(H,16,19)(H,17,20). The minimum absolute atomic E-state index is 0.0538. The number of nitrogens with zero attached hydrogens (tertiary/aromatic N) is 2. The van der Waals surface area contributed by atoms with Gasteiger partial charge >= 0.3 is 0 Å². The average molecular weight is 304 g/mol. The molecule has 0 aliphatic heterocycles. The smallest absolute Gasteiger partial charge is 0.258 e. The summed E-state index contributed by atoms with van der Waals surface area (Å²) in [5.74, 6) is 0. The fraction of sp³-hybridized carbons (Fsp3) is 0.533. The first-order valence-corrected chi connectivity index (χ1v) is 8.34. The van der Waals surface area contributed by atoms with Crippen LogP contribution in [0.25, 0.3) is 10.6 Å². The van der Waals surface area contributed by atoms with Crippen LogP contribution in [0.1, 0.15) is 44.4 Å². The highest BCUT2D eigenvalue weighted by Gasteiger charge is 2.16. The molecule has 112 valence electrons. The van der Waals surface area contributed by atoms with Crippen LogP contribution >= 0.6 is 11.3 Å². The van der Waals surface area contributed by atoms with E-state index in [1.807, 2.05) is 6.07 Å². The molecule has 0 saturated heterocycles. The summed E-state index contributed by atoms with van der Waals surface area (Å²) in [6, 6.07) is 2.36. The Kier molecular flexibility index (Phi) is 4.05. The quantitative estimate of drug-likeness (QED) is 0.911. The van der Waals surface area contributed by atoms with Gasteiger partial charge in [0.15, 0.2) is 5.01 Å². The van der Waals surface area contributed by atoms with E-state index in [2.05, 4.69) is 34.3 Å². The van der Waals surface area contributed by atoms with Crippen LogP contribution in [0.5, 0.6) is 0 Å². The van der Waals surface area contributed by atoms with E-state index in [1.165, 1.54) is 23.3 Å². The highest BCUT2D eigenvalue weighted by atomic mass is 32.1. The van der Waals surface area contributed by atoms with Gasteiger partial charge in [-0.05, 0) is 50.7 Å². The van der Waals surface area contributed by atoms with Gasteiger partial charge in [-0.25, -0.2) is 0 Å². The minimum atomic E-state index is -0.0538. The summed E-state index contributed by atoms with van der Waals surface area (Å²) in [5, 5.41) is 13.1. The van der Waals surface area contributed by atoms with Crippen molar-refractivity contribution < 1.29 is 0 Å². The Morgan fingerprint density at radius 3 is 3.00 bits per heavy atom. The van der Waals surface area contributed by atoms with Crippen LogP contribution in [0.2, 0.25) is 0 Å². The molecule has 3 rings (SSSR count). The van der Waals surface area contributed by atoms with Crippen molar-refractivity contribution in [1.29, 1.82) is 0 Å². The first kappa shape index (κ1) is 14.3. The Labute approximate surface area is 127 Å². The molecule has 0 aromatic carbocycles. The monoisotopic (exact) mass is 304 g/mol. The molecule has 2 N–H and O–H groups in total. The maximum atomic E-state index is 12.2. The molecule has 0 saturated carbocycles. The van der Waals surface area contributed by atoms with Gasteiger partial charge in [-0.3, -0.25) is 4.79 Å². The highest BCUT2D eigenvalue weighted by Crippen LogP contribution is 2.27. The second-order valence-electron chi connectivity index (χ2n) is 5.59. The molecule has 2 aromatic heterocycles. The molecule has 0 fully saturated rings. The molecule has 2 heterocycles. The third-order valence-corrected chi connectivity index (χ3v) is 4.86. The van der Waals surface area contributed by atoms with E-state index in [0.717, 1.165) is 36.5 Å². The first-order valence-electron chi connectivity index (χ1n) is 7.53. The lowest BCUT2D eigenvalue weighted by Crippen LogP contribution is -2.16. The first-order chi connectivity index (χ1) is 10.2. The second-order valence-corrected chi connectivity index (χ2v) is 6.57. The van der Waals surface area contributed by atoms with Crippen LogP contribution in [-0.4, -0.2) is 21.2 Å². The Morgan fingerprint density at radius 1 is 1.38 bits per heavy atom. The zero-order chi connectivity index (χ0) is 14.8. The van der Waals surface area contributed by atoms with Crippen molar-refractivity contribution in [3.8, 4) is 10.6 Å². The third kappa shape index (κ3) is 3.00. The van der Waals surface area contributed by atoms with Crippen molar-refractivity contribution in [3.05, 3.63) is 27.7 Å². The Bertz CT molecular complexity index is 691. The molecule has 1 aliphatic rings. The van der Waals surface area contributed by atoms with Crippen molar-refractivity contribution in [1.82, 2.24) is 15.2 Å². The minimum Gasteiger partial charge on any atom is -0.358 e. The van der Waals surface area contributed by atoms with E-state index < -0.39 is 0 Å². The number of hydrogen-bond donors (Lipinski definition) is 2. The number of nitrogens with one attached hydrogen (secondary N) is 2. The van der Waals surface area contributed by atoms with E-state index in [0.29, 0.717) is 16.6 Å². The lowest BCUT2D eigenvalue weighted by Gasteiger charge is -2.15. The van der Waals surface area contributed by atoms with Crippen LogP contribution in [0, 0.1) is 0 Å². The van der Waals surface area contributed by atoms with Crippen molar-refractivity contribution in [3.63, 3.8) is 0 Å².